The number of hydrogen-bond donors (Lipinski definition) is 3. The van der Waals surface area contributed by atoms with E-state index in [1.807, 2.05) is 20.8 Å². The molecular formula is C20H32O3. The zero-order valence-electron chi connectivity index (χ0n) is 14.8. The quantitative estimate of drug-likeness (QED) is 0.601. The van der Waals surface area contributed by atoms with E-state index < -0.39 is 22.7 Å². The summed E-state index contributed by atoms with van der Waals surface area (Å²) in [6, 6.07) is 0. The predicted octanol–water partition coefficient (Wildman–Crippen LogP) is 3.03. The molecule has 3 heteroatoms. The van der Waals surface area contributed by atoms with Crippen molar-refractivity contribution in [3.63, 3.8) is 0 Å². The first kappa shape index (κ1) is 16.1. The predicted molar refractivity (Wildman–Crippen MR) is 89.7 cm³/mol. The van der Waals surface area contributed by atoms with Gasteiger partial charge in [-0.15, -0.1) is 0 Å². The maximum Gasteiger partial charge on any atom is 0.0789 e. The molecule has 0 saturated heterocycles. The Kier molecular flexibility index (Phi) is 3.09. The molecule has 0 aromatic carbocycles. The summed E-state index contributed by atoms with van der Waals surface area (Å²) in [6.07, 6.45) is 5.92. The van der Waals surface area contributed by atoms with E-state index in [9.17, 15) is 15.3 Å². The van der Waals surface area contributed by atoms with E-state index in [0.717, 1.165) is 44.1 Å². The Labute approximate surface area is 139 Å². The van der Waals surface area contributed by atoms with Crippen molar-refractivity contribution in [2.45, 2.75) is 83.0 Å². The van der Waals surface area contributed by atoms with Gasteiger partial charge in [0.2, 0.25) is 0 Å². The van der Waals surface area contributed by atoms with E-state index in [1.54, 1.807) is 0 Å². The van der Waals surface area contributed by atoms with Gasteiger partial charge in [0, 0.05) is 11.3 Å². The summed E-state index contributed by atoms with van der Waals surface area (Å²) in [4.78, 5) is 0. The van der Waals surface area contributed by atoms with Gasteiger partial charge < -0.3 is 15.3 Å². The van der Waals surface area contributed by atoms with Gasteiger partial charge in [-0.2, -0.15) is 0 Å². The molecular weight excluding hydrogens is 288 g/mol. The van der Waals surface area contributed by atoms with Crippen LogP contribution in [0.2, 0.25) is 0 Å². The van der Waals surface area contributed by atoms with Crippen LogP contribution in [0.25, 0.3) is 0 Å². The molecule has 3 N–H and O–H groups in total. The lowest BCUT2D eigenvalue weighted by Crippen LogP contribution is -2.48. The normalized spacial score (nSPS) is 57.7. The van der Waals surface area contributed by atoms with E-state index in [4.69, 9.17) is 0 Å². The van der Waals surface area contributed by atoms with Crippen LogP contribution >= 0.6 is 0 Å². The van der Waals surface area contributed by atoms with Crippen LogP contribution in [0.3, 0.4) is 0 Å². The fourth-order valence-corrected chi connectivity index (χ4v) is 7.02. The van der Waals surface area contributed by atoms with Gasteiger partial charge in [0.05, 0.1) is 17.3 Å². The average Bonchev–Trinajstić information content (AvgIpc) is 2.73. The molecule has 0 aliphatic heterocycles. The molecule has 4 fully saturated rings. The molecule has 23 heavy (non-hydrogen) atoms. The lowest BCUT2D eigenvalue weighted by molar-refractivity contribution is -0.102. The molecule has 0 aromatic rings. The van der Waals surface area contributed by atoms with Crippen molar-refractivity contribution in [1.82, 2.24) is 0 Å². The summed E-state index contributed by atoms with van der Waals surface area (Å²) in [6.45, 7) is 10.5. The standard InChI is InChI=1S/C20H32O3/c1-12-14-6-5-13-10-19(14,11-18(13,4)22)7-8-20(23)15(12)9-16(21)17(20,2)3/h13-16,21-23H,1,5-11H2,2-4H3/t13-,14+,15+,16+,18-,19+,20-/m1/s1. The number of fused-ring (bicyclic) bond motifs is 2. The van der Waals surface area contributed by atoms with Crippen molar-refractivity contribution in [1.29, 1.82) is 0 Å². The summed E-state index contributed by atoms with van der Waals surface area (Å²) in [5, 5.41) is 33.0. The second-order valence-corrected chi connectivity index (χ2v) is 9.95. The zero-order chi connectivity index (χ0) is 16.8. The van der Waals surface area contributed by atoms with Crippen LogP contribution in [-0.2, 0) is 0 Å². The first-order valence-electron chi connectivity index (χ1n) is 9.35. The third kappa shape index (κ3) is 1.82. The van der Waals surface area contributed by atoms with E-state index in [0.29, 0.717) is 18.3 Å². The molecule has 4 rings (SSSR count). The SMILES string of the molecule is C=C1[C@@H]2CC[C@@H]3C[C@@]2(CC[C@@]2(O)[C@H]1C[C@H](O)C2(C)C)C[C@@]3(C)O. The molecule has 130 valence electrons. The highest BCUT2D eigenvalue weighted by molar-refractivity contribution is 5.28. The fraction of sp³-hybridized carbons (Fsp3) is 0.900. The Bertz CT molecular complexity index is 551. The molecule has 4 aliphatic rings. The van der Waals surface area contributed by atoms with Crippen LogP contribution in [0.1, 0.15) is 65.7 Å². The van der Waals surface area contributed by atoms with Crippen LogP contribution in [-0.4, -0.2) is 32.6 Å². The highest BCUT2D eigenvalue weighted by Crippen LogP contribution is 2.68. The van der Waals surface area contributed by atoms with Gasteiger partial charge in [0.25, 0.3) is 0 Å². The minimum absolute atomic E-state index is 0.000950. The molecule has 4 aliphatic carbocycles. The third-order valence-electron chi connectivity index (χ3n) is 8.67. The zero-order valence-corrected chi connectivity index (χ0v) is 14.8. The van der Waals surface area contributed by atoms with Crippen LogP contribution in [0.5, 0.6) is 0 Å². The summed E-state index contributed by atoms with van der Waals surface area (Å²) in [5.41, 5.74) is -0.646. The Morgan fingerprint density at radius 2 is 1.74 bits per heavy atom. The summed E-state index contributed by atoms with van der Waals surface area (Å²) in [5.74, 6) is 0.796. The van der Waals surface area contributed by atoms with E-state index in [1.165, 1.54) is 0 Å². The van der Waals surface area contributed by atoms with Gasteiger partial charge in [0.15, 0.2) is 0 Å². The van der Waals surface area contributed by atoms with Gasteiger partial charge >= 0.3 is 0 Å². The smallest absolute Gasteiger partial charge is 0.0789 e. The Morgan fingerprint density at radius 3 is 2.43 bits per heavy atom. The first-order valence-corrected chi connectivity index (χ1v) is 9.35. The van der Waals surface area contributed by atoms with Crippen molar-refractivity contribution < 1.29 is 15.3 Å². The van der Waals surface area contributed by atoms with Gasteiger partial charge in [-0.25, -0.2) is 0 Å². The van der Waals surface area contributed by atoms with E-state index >= 15 is 0 Å². The number of aliphatic hydroxyl groups excluding tert-OH is 1. The molecule has 0 unspecified atom stereocenters. The monoisotopic (exact) mass is 320 g/mol. The molecule has 2 bridgehead atoms. The second-order valence-electron chi connectivity index (χ2n) is 9.95. The Morgan fingerprint density at radius 1 is 1.04 bits per heavy atom. The van der Waals surface area contributed by atoms with Crippen molar-refractivity contribution >= 4 is 0 Å². The Hall–Kier alpha value is -0.380. The van der Waals surface area contributed by atoms with Crippen molar-refractivity contribution in [2.75, 3.05) is 0 Å². The molecule has 7 atom stereocenters. The highest BCUT2D eigenvalue weighted by atomic mass is 16.3. The topological polar surface area (TPSA) is 60.7 Å². The maximum absolute atomic E-state index is 11.6. The summed E-state index contributed by atoms with van der Waals surface area (Å²) >= 11 is 0. The minimum Gasteiger partial charge on any atom is -0.392 e. The highest BCUT2D eigenvalue weighted by Gasteiger charge is 2.66. The lowest BCUT2D eigenvalue weighted by atomic mass is 9.63. The summed E-state index contributed by atoms with van der Waals surface area (Å²) < 4.78 is 0. The van der Waals surface area contributed by atoms with Crippen molar-refractivity contribution in [3.8, 4) is 0 Å². The van der Waals surface area contributed by atoms with Crippen LogP contribution in [0.4, 0.5) is 0 Å². The van der Waals surface area contributed by atoms with Gasteiger partial charge in [-0.05, 0) is 69.1 Å². The number of rotatable bonds is 0. The van der Waals surface area contributed by atoms with E-state index in [-0.39, 0.29) is 11.3 Å². The van der Waals surface area contributed by atoms with Crippen LogP contribution < -0.4 is 0 Å². The van der Waals surface area contributed by atoms with Crippen molar-refractivity contribution in [2.24, 2.45) is 28.6 Å². The molecule has 4 saturated carbocycles. The third-order valence-corrected chi connectivity index (χ3v) is 8.67. The van der Waals surface area contributed by atoms with Crippen LogP contribution in [0, 0.1) is 28.6 Å². The number of aliphatic hydroxyl groups is 3. The molecule has 0 heterocycles. The minimum atomic E-state index is -0.862. The van der Waals surface area contributed by atoms with E-state index in [2.05, 4.69) is 6.58 Å². The molecule has 1 spiro atoms. The first-order chi connectivity index (χ1) is 10.5. The van der Waals surface area contributed by atoms with Gasteiger partial charge in [-0.1, -0.05) is 26.0 Å². The molecule has 0 aromatic heterocycles. The van der Waals surface area contributed by atoms with Crippen molar-refractivity contribution in [3.05, 3.63) is 12.2 Å². The lowest BCUT2D eigenvalue weighted by Gasteiger charge is -2.41. The molecule has 0 radical (unpaired) electrons. The fourth-order valence-electron chi connectivity index (χ4n) is 7.02. The Balaban J connectivity index is 1.76. The van der Waals surface area contributed by atoms with Gasteiger partial charge in [0.1, 0.15) is 0 Å². The van der Waals surface area contributed by atoms with Gasteiger partial charge in [-0.3, -0.25) is 0 Å². The van der Waals surface area contributed by atoms with Crippen LogP contribution in [0.15, 0.2) is 12.2 Å². The molecule has 3 nitrogen and oxygen atoms in total. The number of hydrogen-bond acceptors (Lipinski definition) is 3. The largest absolute Gasteiger partial charge is 0.392 e. The second kappa shape index (κ2) is 4.42. The average molecular weight is 320 g/mol. The summed E-state index contributed by atoms with van der Waals surface area (Å²) in [7, 11) is 0. The maximum atomic E-state index is 11.6. The molecule has 0 amide bonds.